The van der Waals surface area contributed by atoms with Crippen LogP contribution in [-0.2, 0) is 5.41 Å². The van der Waals surface area contributed by atoms with Gasteiger partial charge in [-0.3, -0.25) is 0 Å². The van der Waals surface area contributed by atoms with Crippen LogP contribution in [0.4, 0.5) is 0 Å². The molecule has 0 aliphatic rings. The van der Waals surface area contributed by atoms with Gasteiger partial charge in [-0.1, -0.05) is 51.5 Å². The summed E-state index contributed by atoms with van der Waals surface area (Å²) >= 11 is 0. The second-order valence-corrected chi connectivity index (χ2v) is 6.67. The predicted molar refractivity (Wildman–Crippen MR) is 84.6 cm³/mol. The molecule has 1 unspecified atom stereocenters. The molecule has 0 heterocycles. The van der Waals surface area contributed by atoms with Crippen molar-refractivity contribution < 1.29 is 0 Å². The van der Waals surface area contributed by atoms with Gasteiger partial charge in [-0.25, -0.2) is 0 Å². The molecule has 0 spiro atoms. The molecule has 0 saturated heterocycles. The van der Waals surface area contributed by atoms with Crippen LogP contribution in [0.3, 0.4) is 0 Å². The average Bonchev–Trinajstić information content (AvgIpc) is 2.32. The highest BCUT2D eigenvalue weighted by Gasteiger charge is 2.24. The van der Waals surface area contributed by atoms with E-state index in [0.717, 1.165) is 6.54 Å². The molecule has 0 amide bonds. The third-order valence-electron chi connectivity index (χ3n) is 3.99. The molecule has 3 N–H and O–H groups in total. The van der Waals surface area contributed by atoms with Gasteiger partial charge in [0.15, 0.2) is 0 Å². The van der Waals surface area contributed by atoms with Gasteiger partial charge < -0.3 is 11.1 Å². The first kappa shape index (κ1) is 16.2. The van der Waals surface area contributed by atoms with E-state index in [-0.39, 0.29) is 5.41 Å². The second kappa shape index (κ2) is 6.53. The maximum absolute atomic E-state index is 5.83. The van der Waals surface area contributed by atoms with E-state index < -0.39 is 0 Å². The van der Waals surface area contributed by atoms with Crippen molar-refractivity contribution >= 4 is 0 Å². The molecular weight excluding hydrogens is 232 g/mol. The van der Waals surface area contributed by atoms with Gasteiger partial charge in [-0.15, -0.1) is 0 Å². The summed E-state index contributed by atoms with van der Waals surface area (Å²) in [6.45, 7) is 15.0. The van der Waals surface area contributed by atoms with Gasteiger partial charge in [-0.2, -0.15) is 0 Å². The minimum absolute atomic E-state index is 0.123. The fraction of sp³-hybridized carbons (Fsp3) is 0.647. The molecule has 0 fully saturated rings. The zero-order chi connectivity index (χ0) is 14.6. The Hall–Kier alpha value is -0.860. The molecule has 0 aliphatic heterocycles. The van der Waals surface area contributed by atoms with E-state index in [0.29, 0.717) is 18.5 Å². The fourth-order valence-corrected chi connectivity index (χ4v) is 2.54. The van der Waals surface area contributed by atoms with E-state index in [1.165, 1.54) is 16.7 Å². The molecule has 1 aromatic rings. The zero-order valence-corrected chi connectivity index (χ0v) is 13.4. The van der Waals surface area contributed by atoms with E-state index in [4.69, 9.17) is 5.73 Å². The Morgan fingerprint density at radius 1 is 1.21 bits per heavy atom. The maximum Gasteiger partial charge on any atom is 0.0213 e. The van der Waals surface area contributed by atoms with Crippen molar-refractivity contribution in [2.75, 3.05) is 13.1 Å². The Morgan fingerprint density at radius 2 is 1.84 bits per heavy atom. The number of nitrogens with two attached hydrogens (primary N) is 1. The Balaban J connectivity index is 2.83. The molecule has 0 aromatic heterocycles. The summed E-state index contributed by atoms with van der Waals surface area (Å²) in [7, 11) is 0. The highest BCUT2D eigenvalue weighted by molar-refractivity contribution is 5.36. The number of rotatable bonds is 6. The molecule has 1 rings (SSSR count). The normalized spacial score (nSPS) is 13.9. The molecular formula is C17H30N2. The van der Waals surface area contributed by atoms with E-state index in [9.17, 15) is 0 Å². The first-order chi connectivity index (χ1) is 8.77. The van der Waals surface area contributed by atoms with Gasteiger partial charge in [0.2, 0.25) is 0 Å². The van der Waals surface area contributed by atoms with Crippen molar-refractivity contribution in [3.63, 3.8) is 0 Å². The Bertz CT molecular complexity index is 408. The fourth-order valence-electron chi connectivity index (χ4n) is 2.54. The van der Waals surface area contributed by atoms with Crippen molar-refractivity contribution in [1.29, 1.82) is 0 Å². The monoisotopic (exact) mass is 262 g/mol. The number of hydrogen-bond donors (Lipinski definition) is 2. The van der Waals surface area contributed by atoms with Gasteiger partial charge >= 0.3 is 0 Å². The first-order valence-corrected chi connectivity index (χ1v) is 7.29. The van der Waals surface area contributed by atoms with Crippen LogP contribution in [-0.4, -0.2) is 19.1 Å². The van der Waals surface area contributed by atoms with Crippen LogP contribution in [0.2, 0.25) is 0 Å². The van der Waals surface area contributed by atoms with Crippen LogP contribution in [0.25, 0.3) is 0 Å². The smallest absolute Gasteiger partial charge is 0.0213 e. The highest BCUT2D eigenvalue weighted by atomic mass is 14.9. The second-order valence-electron chi connectivity index (χ2n) is 6.67. The lowest BCUT2D eigenvalue weighted by molar-refractivity contribution is 0.360. The van der Waals surface area contributed by atoms with Gasteiger partial charge in [0, 0.05) is 24.5 Å². The first-order valence-electron chi connectivity index (χ1n) is 7.29. The largest absolute Gasteiger partial charge is 0.329 e. The van der Waals surface area contributed by atoms with Crippen LogP contribution in [0.1, 0.15) is 44.4 Å². The number of benzene rings is 1. The third kappa shape index (κ3) is 4.32. The van der Waals surface area contributed by atoms with Crippen LogP contribution in [0.15, 0.2) is 18.2 Å². The van der Waals surface area contributed by atoms with E-state index in [2.05, 4.69) is 65.1 Å². The molecule has 0 aliphatic carbocycles. The lowest BCUT2D eigenvalue weighted by atomic mass is 9.81. The minimum Gasteiger partial charge on any atom is -0.329 e. The van der Waals surface area contributed by atoms with Crippen LogP contribution in [0, 0.1) is 19.8 Å². The molecule has 1 aromatic carbocycles. The van der Waals surface area contributed by atoms with Gasteiger partial charge in [0.1, 0.15) is 0 Å². The van der Waals surface area contributed by atoms with Gasteiger partial charge in [0.05, 0.1) is 0 Å². The Morgan fingerprint density at radius 3 is 2.37 bits per heavy atom. The molecule has 0 radical (unpaired) electrons. The Labute approximate surface area is 118 Å². The molecule has 0 bridgehead atoms. The van der Waals surface area contributed by atoms with Crippen molar-refractivity contribution in [3.05, 3.63) is 34.9 Å². The standard InChI is InChI=1S/C17H30N2/c1-12(2)16(10-18)19-11-17(5,6)15-9-13(3)7-8-14(15)4/h7-9,12,16,19H,10-11,18H2,1-6H3. The van der Waals surface area contributed by atoms with Crippen LogP contribution < -0.4 is 11.1 Å². The van der Waals surface area contributed by atoms with Crippen LogP contribution >= 0.6 is 0 Å². The van der Waals surface area contributed by atoms with Gasteiger partial charge in [-0.05, 0) is 30.9 Å². The lowest BCUT2D eigenvalue weighted by Crippen LogP contribution is -2.45. The Kier molecular flexibility index (Phi) is 5.57. The van der Waals surface area contributed by atoms with Gasteiger partial charge in [0.25, 0.3) is 0 Å². The summed E-state index contributed by atoms with van der Waals surface area (Å²) in [5.74, 6) is 0.569. The molecule has 0 saturated carbocycles. The summed E-state index contributed by atoms with van der Waals surface area (Å²) in [5.41, 5.74) is 10.1. The molecule has 19 heavy (non-hydrogen) atoms. The predicted octanol–water partition coefficient (Wildman–Crippen LogP) is 3.15. The average molecular weight is 262 g/mol. The SMILES string of the molecule is Cc1ccc(C)c(C(C)(C)CNC(CN)C(C)C)c1. The van der Waals surface area contributed by atoms with E-state index in [1.54, 1.807) is 0 Å². The van der Waals surface area contributed by atoms with E-state index >= 15 is 0 Å². The number of nitrogens with one attached hydrogen (secondary N) is 1. The summed E-state index contributed by atoms with van der Waals surface area (Å²) < 4.78 is 0. The summed E-state index contributed by atoms with van der Waals surface area (Å²) in [5, 5.41) is 3.63. The lowest BCUT2D eigenvalue weighted by Gasteiger charge is -2.31. The van der Waals surface area contributed by atoms with E-state index in [1.807, 2.05) is 0 Å². The topological polar surface area (TPSA) is 38.0 Å². The maximum atomic E-state index is 5.83. The number of hydrogen-bond acceptors (Lipinski definition) is 2. The van der Waals surface area contributed by atoms with Crippen molar-refractivity contribution in [2.24, 2.45) is 11.7 Å². The molecule has 108 valence electrons. The van der Waals surface area contributed by atoms with Crippen molar-refractivity contribution in [3.8, 4) is 0 Å². The molecule has 1 atom stereocenters. The quantitative estimate of drug-likeness (QED) is 0.826. The minimum atomic E-state index is 0.123. The molecule has 2 heteroatoms. The summed E-state index contributed by atoms with van der Waals surface area (Å²) in [4.78, 5) is 0. The summed E-state index contributed by atoms with van der Waals surface area (Å²) in [6.07, 6.45) is 0. The molecule has 2 nitrogen and oxygen atoms in total. The number of aryl methyl sites for hydroxylation is 2. The highest BCUT2D eigenvalue weighted by Crippen LogP contribution is 2.26. The third-order valence-corrected chi connectivity index (χ3v) is 3.99. The van der Waals surface area contributed by atoms with Crippen LogP contribution in [0.5, 0.6) is 0 Å². The summed E-state index contributed by atoms with van der Waals surface area (Å²) in [6, 6.07) is 7.10. The van der Waals surface area contributed by atoms with Crippen molar-refractivity contribution in [2.45, 2.75) is 53.0 Å². The van der Waals surface area contributed by atoms with Crippen molar-refractivity contribution in [1.82, 2.24) is 5.32 Å². The zero-order valence-electron chi connectivity index (χ0n) is 13.4.